The summed E-state index contributed by atoms with van der Waals surface area (Å²) in [6, 6.07) is 3.64. The van der Waals surface area contributed by atoms with E-state index in [0.29, 0.717) is 18.2 Å². The Morgan fingerprint density at radius 3 is 3.12 bits per heavy atom. The van der Waals surface area contributed by atoms with Crippen molar-refractivity contribution in [1.82, 2.24) is 9.88 Å². The first-order valence-electron chi connectivity index (χ1n) is 9.22. The van der Waals surface area contributed by atoms with Crippen LogP contribution in [0.3, 0.4) is 0 Å². The predicted molar refractivity (Wildman–Crippen MR) is 98.8 cm³/mol. The molecule has 3 heterocycles. The van der Waals surface area contributed by atoms with Crippen molar-refractivity contribution in [2.75, 3.05) is 11.9 Å². The lowest BCUT2D eigenvalue weighted by atomic mass is 9.89. The van der Waals surface area contributed by atoms with Gasteiger partial charge in [-0.3, -0.25) is 9.59 Å². The van der Waals surface area contributed by atoms with Gasteiger partial charge in [0.2, 0.25) is 11.8 Å². The van der Waals surface area contributed by atoms with Gasteiger partial charge in [-0.15, -0.1) is 11.3 Å². The fourth-order valence-electron chi connectivity index (χ4n) is 3.74. The summed E-state index contributed by atoms with van der Waals surface area (Å²) < 4.78 is 5.30. The van der Waals surface area contributed by atoms with Crippen LogP contribution in [0.25, 0.3) is 0 Å². The maximum absolute atomic E-state index is 12.6. The molecule has 7 heteroatoms. The second kappa shape index (κ2) is 7.23. The number of fused-ring (bicyclic) bond motifs is 1. The highest BCUT2D eigenvalue weighted by Gasteiger charge is 2.35. The minimum atomic E-state index is -0.332. The molecule has 138 valence electrons. The van der Waals surface area contributed by atoms with E-state index in [2.05, 4.69) is 17.2 Å². The fourth-order valence-corrected chi connectivity index (χ4v) is 4.87. The van der Waals surface area contributed by atoms with Gasteiger partial charge in [0.05, 0.1) is 24.4 Å². The molecule has 0 saturated carbocycles. The van der Waals surface area contributed by atoms with E-state index in [9.17, 15) is 9.59 Å². The molecule has 2 atom stereocenters. The summed E-state index contributed by atoms with van der Waals surface area (Å²) in [4.78, 5) is 32.4. The molecule has 0 bridgehead atoms. The van der Waals surface area contributed by atoms with Gasteiger partial charge in [0.15, 0.2) is 5.13 Å². The lowest BCUT2D eigenvalue weighted by molar-refractivity contribution is -0.128. The first-order valence-corrected chi connectivity index (χ1v) is 10.0. The molecule has 2 unspecified atom stereocenters. The molecule has 2 aliphatic rings. The van der Waals surface area contributed by atoms with Crippen molar-refractivity contribution in [3.05, 3.63) is 34.7 Å². The molecule has 2 aromatic heterocycles. The third kappa shape index (κ3) is 3.53. The molecule has 1 aliphatic carbocycles. The van der Waals surface area contributed by atoms with Gasteiger partial charge >= 0.3 is 0 Å². The Bertz CT molecular complexity index is 799. The Morgan fingerprint density at radius 2 is 2.35 bits per heavy atom. The van der Waals surface area contributed by atoms with E-state index in [0.717, 1.165) is 30.2 Å². The van der Waals surface area contributed by atoms with Gasteiger partial charge in [0.25, 0.3) is 0 Å². The Morgan fingerprint density at radius 1 is 1.46 bits per heavy atom. The summed E-state index contributed by atoms with van der Waals surface area (Å²) >= 11 is 1.59. The van der Waals surface area contributed by atoms with E-state index in [1.807, 2.05) is 6.07 Å². The minimum absolute atomic E-state index is 0.00855. The number of furan rings is 1. The molecule has 4 rings (SSSR count). The first kappa shape index (κ1) is 17.3. The number of likely N-dealkylation sites (tertiary alicyclic amines) is 1. The molecule has 2 aromatic rings. The topological polar surface area (TPSA) is 75.4 Å². The highest BCUT2D eigenvalue weighted by molar-refractivity contribution is 7.15. The van der Waals surface area contributed by atoms with Crippen molar-refractivity contribution < 1.29 is 14.0 Å². The zero-order valence-electron chi connectivity index (χ0n) is 14.9. The predicted octanol–water partition coefficient (Wildman–Crippen LogP) is 3.24. The van der Waals surface area contributed by atoms with Crippen LogP contribution in [0.15, 0.2) is 22.8 Å². The third-order valence-electron chi connectivity index (χ3n) is 5.36. The van der Waals surface area contributed by atoms with Gasteiger partial charge in [-0.05, 0) is 37.3 Å². The molecule has 1 N–H and O–H groups in total. The Hall–Kier alpha value is -2.15. The van der Waals surface area contributed by atoms with Crippen LogP contribution in [0, 0.1) is 11.8 Å². The van der Waals surface area contributed by atoms with Gasteiger partial charge in [0.1, 0.15) is 5.76 Å². The monoisotopic (exact) mass is 373 g/mol. The minimum Gasteiger partial charge on any atom is -0.467 e. The number of carbonyl (C=O) groups excluding carboxylic acids is 2. The Kier molecular flexibility index (Phi) is 4.80. The van der Waals surface area contributed by atoms with Gasteiger partial charge in [-0.1, -0.05) is 13.3 Å². The average molecular weight is 373 g/mol. The largest absolute Gasteiger partial charge is 0.467 e. The van der Waals surface area contributed by atoms with E-state index >= 15 is 0 Å². The second-order valence-electron chi connectivity index (χ2n) is 7.15. The van der Waals surface area contributed by atoms with Crippen molar-refractivity contribution >= 4 is 28.3 Å². The van der Waals surface area contributed by atoms with Crippen molar-refractivity contribution in [1.29, 1.82) is 0 Å². The molecule has 1 aliphatic heterocycles. The standard InChI is InChI=1S/C19H23N3O3S/c1-2-12-5-6-15-16(8-12)26-19(20-15)21-18(24)13-9-17(23)22(10-13)11-14-4-3-7-25-14/h3-4,7,12-13H,2,5-6,8-11H2,1H3,(H,20,21,24). The molecule has 1 fully saturated rings. The van der Waals surface area contributed by atoms with E-state index in [1.165, 1.54) is 17.7 Å². The second-order valence-corrected chi connectivity index (χ2v) is 8.23. The summed E-state index contributed by atoms with van der Waals surface area (Å²) in [7, 11) is 0. The number of rotatable bonds is 5. The number of hydrogen-bond donors (Lipinski definition) is 1. The summed E-state index contributed by atoms with van der Waals surface area (Å²) in [5, 5.41) is 3.61. The molecule has 0 spiro atoms. The molecule has 0 radical (unpaired) electrons. The SMILES string of the molecule is CCC1CCc2nc(NC(=O)C3CC(=O)N(Cc4ccco4)C3)sc2C1. The molecule has 2 amide bonds. The van der Waals surface area contributed by atoms with Crippen LogP contribution >= 0.6 is 11.3 Å². The van der Waals surface area contributed by atoms with Crippen LogP contribution in [0.2, 0.25) is 0 Å². The quantitative estimate of drug-likeness (QED) is 0.873. The van der Waals surface area contributed by atoms with Crippen LogP contribution in [-0.4, -0.2) is 28.2 Å². The summed E-state index contributed by atoms with van der Waals surface area (Å²) in [6.07, 6.45) is 6.27. The van der Waals surface area contributed by atoms with E-state index < -0.39 is 0 Å². The smallest absolute Gasteiger partial charge is 0.231 e. The molecule has 0 aromatic carbocycles. The van der Waals surface area contributed by atoms with Gasteiger partial charge in [-0.25, -0.2) is 4.98 Å². The van der Waals surface area contributed by atoms with Crippen molar-refractivity contribution in [3.63, 3.8) is 0 Å². The lowest BCUT2D eigenvalue weighted by Crippen LogP contribution is -2.27. The van der Waals surface area contributed by atoms with E-state index in [-0.39, 0.29) is 24.2 Å². The number of anilines is 1. The maximum atomic E-state index is 12.6. The van der Waals surface area contributed by atoms with Crippen LogP contribution in [0.4, 0.5) is 5.13 Å². The zero-order chi connectivity index (χ0) is 18.1. The first-order chi connectivity index (χ1) is 12.6. The van der Waals surface area contributed by atoms with Crippen LogP contribution in [0.1, 0.15) is 42.5 Å². The number of amides is 2. The maximum Gasteiger partial charge on any atom is 0.231 e. The summed E-state index contributed by atoms with van der Waals surface area (Å²) in [6.45, 7) is 3.07. The summed E-state index contributed by atoms with van der Waals surface area (Å²) in [5.41, 5.74) is 1.14. The van der Waals surface area contributed by atoms with Gasteiger partial charge < -0.3 is 14.6 Å². The van der Waals surface area contributed by atoms with Gasteiger partial charge in [0, 0.05) is 17.8 Å². The average Bonchev–Trinajstić information content (AvgIpc) is 3.35. The Balaban J connectivity index is 1.37. The highest BCUT2D eigenvalue weighted by atomic mass is 32.1. The van der Waals surface area contributed by atoms with Crippen LogP contribution in [0.5, 0.6) is 0 Å². The van der Waals surface area contributed by atoms with E-state index in [1.54, 1.807) is 28.6 Å². The van der Waals surface area contributed by atoms with Crippen molar-refractivity contribution in [2.45, 2.75) is 45.6 Å². The number of nitrogens with one attached hydrogen (secondary N) is 1. The van der Waals surface area contributed by atoms with Crippen molar-refractivity contribution in [3.8, 4) is 0 Å². The third-order valence-corrected chi connectivity index (χ3v) is 6.40. The number of hydrogen-bond acceptors (Lipinski definition) is 5. The van der Waals surface area contributed by atoms with Crippen molar-refractivity contribution in [2.24, 2.45) is 11.8 Å². The van der Waals surface area contributed by atoms with Gasteiger partial charge in [-0.2, -0.15) is 0 Å². The normalized spacial score (nSPS) is 22.5. The lowest BCUT2D eigenvalue weighted by Gasteiger charge is -2.18. The number of thiazole rings is 1. The molecular formula is C19H23N3O3S. The van der Waals surface area contributed by atoms with E-state index in [4.69, 9.17) is 4.42 Å². The number of nitrogens with zero attached hydrogens (tertiary/aromatic N) is 2. The zero-order valence-corrected chi connectivity index (χ0v) is 15.7. The van der Waals surface area contributed by atoms with Crippen LogP contribution < -0.4 is 5.32 Å². The molecule has 1 saturated heterocycles. The van der Waals surface area contributed by atoms with Crippen LogP contribution in [-0.2, 0) is 29.0 Å². The Labute approximate surface area is 156 Å². The highest BCUT2D eigenvalue weighted by Crippen LogP contribution is 2.34. The number of aryl methyl sites for hydroxylation is 1. The molecule has 26 heavy (non-hydrogen) atoms. The fraction of sp³-hybridized carbons (Fsp3) is 0.526. The molecular weight excluding hydrogens is 350 g/mol. The summed E-state index contributed by atoms with van der Waals surface area (Å²) in [5.74, 6) is 1.01. The number of carbonyl (C=O) groups is 2. The number of aromatic nitrogens is 1. The molecule has 6 nitrogen and oxygen atoms in total.